The summed E-state index contributed by atoms with van der Waals surface area (Å²) in [5.74, 6) is -1.06. The Bertz CT molecular complexity index is 392. The van der Waals surface area contributed by atoms with Crippen molar-refractivity contribution in [3.8, 4) is 0 Å². The van der Waals surface area contributed by atoms with Crippen LogP contribution in [-0.4, -0.2) is 23.1 Å². The van der Waals surface area contributed by atoms with Crippen LogP contribution in [0.2, 0.25) is 0 Å². The number of carbonyl (C=O) groups excluding carboxylic acids is 1. The van der Waals surface area contributed by atoms with Gasteiger partial charge in [-0.3, -0.25) is 4.79 Å². The molecule has 0 spiro atoms. The fourth-order valence-corrected chi connectivity index (χ4v) is 1.32. The van der Waals surface area contributed by atoms with Gasteiger partial charge in [0.05, 0.1) is 6.04 Å². The summed E-state index contributed by atoms with van der Waals surface area (Å²) in [5.41, 5.74) is 0.964. The van der Waals surface area contributed by atoms with Gasteiger partial charge in [-0.1, -0.05) is 30.3 Å². The number of aliphatic carboxylic acids is 1. The second-order valence-corrected chi connectivity index (χ2v) is 3.81. The molecule has 0 aromatic heterocycles. The lowest BCUT2D eigenvalue weighted by Crippen LogP contribution is -2.45. The lowest BCUT2D eigenvalue weighted by atomic mass is 10.1. The molecule has 17 heavy (non-hydrogen) atoms. The molecule has 0 bridgehead atoms. The van der Waals surface area contributed by atoms with Gasteiger partial charge in [0.1, 0.15) is 6.04 Å². The predicted molar refractivity (Wildman–Crippen MR) is 63.6 cm³/mol. The first-order valence-electron chi connectivity index (χ1n) is 5.35. The van der Waals surface area contributed by atoms with E-state index in [1.807, 2.05) is 37.3 Å². The normalized spacial score (nSPS) is 13.5. The first-order chi connectivity index (χ1) is 8.00. The molecular weight excluding hydrogens is 220 g/mol. The van der Waals surface area contributed by atoms with Gasteiger partial charge in [0, 0.05) is 0 Å². The number of carboxylic acids is 1. The first-order valence-corrected chi connectivity index (χ1v) is 5.35. The Labute approximate surface area is 99.8 Å². The van der Waals surface area contributed by atoms with E-state index in [1.54, 1.807) is 0 Å². The van der Waals surface area contributed by atoms with Crippen LogP contribution in [0.1, 0.15) is 25.5 Å². The van der Waals surface area contributed by atoms with Gasteiger partial charge in [-0.25, -0.2) is 4.79 Å². The van der Waals surface area contributed by atoms with Crippen LogP contribution < -0.4 is 10.6 Å². The zero-order valence-corrected chi connectivity index (χ0v) is 9.81. The highest BCUT2D eigenvalue weighted by Crippen LogP contribution is 2.10. The number of carboxylic acid groups (broad SMARTS) is 1. The van der Waals surface area contributed by atoms with Crippen molar-refractivity contribution >= 4 is 12.0 Å². The molecule has 2 atom stereocenters. The number of amides is 2. The van der Waals surface area contributed by atoms with Crippen LogP contribution in [0, 0.1) is 0 Å². The van der Waals surface area contributed by atoms with E-state index in [9.17, 15) is 9.59 Å². The van der Waals surface area contributed by atoms with Crippen molar-refractivity contribution in [3.63, 3.8) is 0 Å². The third-order valence-electron chi connectivity index (χ3n) is 2.37. The molecule has 0 saturated heterocycles. The zero-order valence-electron chi connectivity index (χ0n) is 9.81. The maximum atomic E-state index is 11.5. The summed E-state index contributed by atoms with van der Waals surface area (Å²) in [5, 5.41) is 13.6. The zero-order chi connectivity index (χ0) is 12.8. The van der Waals surface area contributed by atoms with Crippen LogP contribution >= 0.6 is 0 Å². The monoisotopic (exact) mass is 236 g/mol. The van der Waals surface area contributed by atoms with Gasteiger partial charge in [0.15, 0.2) is 0 Å². The number of carbonyl (C=O) groups is 2. The van der Waals surface area contributed by atoms with Gasteiger partial charge in [0.2, 0.25) is 0 Å². The highest BCUT2D eigenvalue weighted by Gasteiger charge is 2.15. The number of hydrogen-bond acceptors (Lipinski definition) is 2. The molecule has 0 aliphatic rings. The predicted octanol–water partition coefficient (Wildman–Crippen LogP) is 1.52. The third kappa shape index (κ3) is 4.14. The van der Waals surface area contributed by atoms with Crippen molar-refractivity contribution in [2.75, 3.05) is 0 Å². The average Bonchev–Trinajstić information content (AvgIpc) is 2.29. The molecule has 1 rings (SSSR count). The highest BCUT2D eigenvalue weighted by molar-refractivity contribution is 5.82. The van der Waals surface area contributed by atoms with E-state index in [-0.39, 0.29) is 6.04 Å². The van der Waals surface area contributed by atoms with Gasteiger partial charge in [0.25, 0.3) is 0 Å². The van der Waals surface area contributed by atoms with Crippen LogP contribution in [0.15, 0.2) is 30.3 Å². The molecule has 2 unspecified atom stereocenters. The SMILES string of the molecule is CC(NC(=O)NC(C)c1ccccc1)C(=O)O. The van der Waals surface area contributed by atoms with Gasteiger partial charge in [-0.2, -0.15) is 0 Å². The van der Waals surface area contributed by atoms with E-state index in [0.29, 0.717) is 0 Å². The molecular formula is C12H16N2O3. The summed E-state index contributed by atoms with van der Waals surface area (Å²) in [6, 6.07) is 7.88. The Balaban J connectivity index is 2.49. The summed E-state index contributed by atoms with van der Waals surface area (Å²) in [7, 11) is 0. The molecule has 5 nitrogen and oxygen atoms in total. The molecule has 1 aromatic rings. The minimum Gasteiger partial charge on any atom is -0.480 e. The van der Waals surface area contributed by atoms with E-state index < -0.39 is 18.0 Å². The fourth-order valence-electron chi connectivity index (χ4n) is 1.32. The number of hydrogen-bond donors (Lipinski definition) is 3. The van der Waals surface area contributed by atoms with Crippen molar-refractivity contribution in [1.29, 1.82) is 0 Å². The Kier molecular flexibility index (Phi) is 4.51. The van der Waals surface area contributed by atoms with E-state index in [1.165, 1.54) is 6.92 Å². The second-order valence-electron chi connectivity index (χ2n) is 3.81. The van der Waals surface area contributed by atoms with E-state index in [0.717, 1.165) is 5.56 Å². The van der Waals surface area contributed by atoms with Crippen molar-refractivity contribution in [1.82, 2.24) is 10.6 Å². The van der Waals surface area contributed by atoms with Crippen molar-refractivity contribution in [3.05, 3.63) is 35.9 Å². The molecule has 1 aromatic carbocycles. The number of benzene rings is 1. The quantitative estimate of drug-likeness (QED) is 0.741. The van der Waals surface area contributed by atoms with Crippen molar-refractivity contribution < 1.29 is 14.7 Å². The molecule has 3 N–H and O–H groups in total. The van der Waals surface area contributed by atoms with Gasteiger partial charge >= 0.3 is 12.0 Å². The van der Waals surface area contributed by atoms with Crippen molar-refractivity contribution in [2.24, 2.45) is 0 Å². The average molecular weight is 236 g/mol. The van der Waals surface area contributed by atoms with E-state index in [4.69, 9.17) is 5.11 Å². The summed E-state index contributed by atoms with van der Waals surface area (Å²) in [6.45, 7) is 3.25. The topological polar surface area (TPSA) is 78.4 Å². The van der Waals surface area contributed by atoms with Crippen LogP contribution in [0.4, 0.5) is 4.79 Å². The lowest BCUT2D eigenvalue weighted by molar-refractivity contribution is -0.138. The largest absolute Gasteiger partial charge is 0.480 e. The Morgan fingerprint density at radius 3 is 2.24 bits per heavy atom. The molecule has 0 aliphatic heterocycles. The molecule has 0 fully saturated rings. The minimum atomic E-state index is -1.06. The number of nitrogens with one attached hydrogen (secondary N) is 2. The Hall–Kier alpha value is -2.04. The second kappa shape index (κ2) is 5.89. The summed E-state index contributed by atoms with van der Waals surface area (Å²) in [6.07, 6.45) is 0. The Morgan fingerprint density at radius 1 is 1.12 bits per heavy atom. The molecule has 0 aliphatic carbocycles. The first kappa shape index (κ1) is 13.0. The maximum Gasteiger partial charge on any atom is 0.325 e. The van der Waals surface area contributed by atoms with Crippen LogP contribution in [0.5, 0.6) is 0 Å². The lowest BCUT2D eigenvalue weighted by Gasteiger charge is -2.16. The number of rotatable bonds is 4. The third-order valence-corrected chi connectivity index (χ3v) is 2.37. The van der Waals surface area contributed by atoms with Crippen molar-refractivity contribution in [2.45, 2.75) is 25.9 Å². The maximum absolute atomic E-state index is 11.5. The van der Waals surface area contributed by atoms with Crippen LogP contribution in [0.25, 0.3) is 0 Å². The van der Waals surface area contributed by atoms with Gasteiger partial charge in [-0.05, 0) is 19.4 Å². The molecule has 0 saturated carbocycles. The fraction of sp³-hybridized carbons (Fsp3) is 0.333. The summed E-state index contributed by atoms with van der Waals surface area (Å²) >= 11 is 0. The van der Waals surface area contributed by atoms with Gasteiger partial charge in [-0.15, -0.1) is 0 Å². The smallest absolute Gasteiger partial charge is 0.325 e. The molecule has 0 radical (unpaired) electrons. The molecule has 2 amide bonds. The van der Waals surface area contributed by atoms with Gasteiger partial charge < -0.3 is 15.7 Å². The minimum absolute atomic E-state index is 0.169. The summed E-state index contributed by atoms with van der Waals surface area (Å²) < 4.78 is 0. The van der Waals surface area contributed by atoms with E-state index in [2.05, 4.69) is 10.6 Å². The van der Waals surface area contributed by atoms with Crippen LogP contribution in [0.3, 0.4) is 0 Å². The molecule has 92 valence electrons. The van der Waals surface area contributed by atoms with Crippen LogP contribution in [-0.2, 0) is 4.79 Å². The standard InChI is InChI=1S/C12H16N2O3/c1-8(10-6-4-3-5-7-10)13-12(17)14-9(2)11(15)16/h3-9H,1-2H3,(H,15,16)(H2,13,14,17). The highest BCUT2D eigenvalue weighted by atomic mass is 16.4. The Morgan fingerprint density at radius 2 is 1.71 bits per heavy atom. The number of urea groups is 1. The molecule has 5 heteroatoms. The molecule has 0 heterocycles. The van der Waals surface area contributed by atoms with E-state index >= 15 is 0 Å². The summed E-state index contributed by atoms with van der Waals surface area (Å²) in [4.78, 5) is 22.0.